The lowest BCUT2D eigenvalue weighted by atomic mass is 9.74. The molecule has 0 aromatic heterocycles. The molecule has 0 saturated carbocycles. The van der Waals surface area contributed by atoms with Crippen molar-refractivity contribution in [2.45, 2.75) is 52.2 Å². The zero-order valence-corrected chi connectivity index (χ0v) is 11.5. The lowest BCUT2D eigenvalue weighted by Gasteiger charge is -2.42. The molecule has 1 aliphatic rings. The molecule has 4 nitrogen and oxygen atoms in total. The maximum atomic E-state index is 12.0. The zero-order valence-electron chi connectivity index (χ0n) is 11.5. The van der Waals surface area contributed by atoms with Gasteiger partial charge < -0.3 is 15.2 Å². The number of nitrogens with one attached hydrogen (secondary N) is 1. The van der Waals surface area contributed by atoms with Gasteiger partial charge in [0, 0.05) is 6.54 Å². The van der Waals surface area contributed by atoms with Crippen LogP contribution < -0.4 is 5.32 Å². The molecule has 100 valence electrons. The van der Waals surface area contributed by atoms with Gasteiger partial charge in [0.25, 0.3) is 0 Å². The average Bonchev–Trinajstić information content (AvgIpc) is 2.19. The van der Waals surface area contributed by atoms with E-state index >= 15 is 0 Å². The second kappa shape index (κ2) is 4.94. The van der Waals surface area contributed by atoms with Crippen LogP contribution in [-0.2, 0) is 9.53 Å². The van der Waals surface area contributed by atoms with Crippen molar-refractivity contribution in [3.05, 3.63) is 0 Å². The van der Waals surface area contributed by atoms with Gasteiger partial charge in [0.15, 0.2) is 0 Å². The minimum Gasteiger partial charge on any atom is -0.460 e. The monoisotopic (exact) mass is 243 g/mol. The van der Waals surface area contributed by atoms with Gasteiger partial charge in [0.2, 0.25) is 0 Å². The van der Waals surface area contributed by atoms with Gasteiger partial charge >= 0.3 is 5.97 Å². The Kier molecular flexibility index (Phi) is 4.20. The van der Waals surface area contributed by atoms with E-state index in [-0.39, 0.29) is 11.9 Å². The van der Waals surface area contributed by atoms with Crippen LogP contribution in [0.2, 0.25) is 0 Å². The van der Waals surface area contributed by atoms with Gasteiger partial charge in [0.05, 0.1) is 11.5 Å². The minimum absolute atomic E-state index is 0.0544. The second-order valence-corrected chi connectivity index (χ2v) is 6.10. The van der Waals surface area contributed by atoms with E-state index in [0.29, 0.717) is 6.42 Å². The van der Waals surface area contributed by atoms with Crippen LogP contribution in [-0.4, -0.2) is 35.4 Å². The molecule has 17 heavy (non-hydrogen) atoms. The van der Waals surface area contributed by atoms with Crippen LogP contribution in [0.5, 0.6) is 0 Å². The summed E-state index contributed by atoms with van der Waals surface area (Å²) in [5.41, 5.74) is -1.45. The second-order valence-electron chi connectivity index (χ2n) is 6.10. The molecule has 1 fully saturated rings. The van der Waals surface area contributed by atoms with E-state index in [9.17, 15) is 9.90 Å². The molecule has 3 unspecified atom stereocenters. The van der Waals surface area contributed by atoms with Crippen molar-refractivity contribution >= 4 is 5.97 Å². The third-order valence-electron chi connectivity index (χ3n) is 3.52. The molecule has 1 heterocycles. The molecule has 4 heteroatoms. The Balaban J connectivity index is 2.73. The highest BCUT2D eigenvalue weighted by atomic mass is 16.6. The number of rotatable bonds is 2. The molecule has 2 N–H and O–H groups in total. The van der Waals surface area contributed by atoms with Crippen LogP contribution in [0.3, 0.4) is 0 Å². The van der Waals surface area contributed by atoms with Gasteiger partial charge in [-0.3, -0.25) is 4.79 Å². The number of esters is 1. The number of hydrogen-bond acceptors (Lipinski definition) is 4. The van der Waals surface area contributed by atoms with Crippen molar-refractivity contribution in [1.82, 2.24) is 5.32 Å². The van der Waals surface area contributed by atoms with Crippen LogP contribution in [0.4, 0.5) is 0 Å². The molecule has 1 aliphatic heterocycles. The summed E-state index contributed by atoms with van der Waals surface area (Å²) in [6.07, 6.45) is 0.592. The predicted molar refractivity (Wildman–Crippen MR) is 66.6 cm³/mol. The fraction of sp³-hybridized carbons (Fsp3) is 0.923. The Morgan fingerprint density at radius 1 is 1.53 bits per heavy atom. The third-order valence-corrected chi connectivity index (χ3v) is 3.52. The van der Waals surface area contributed by atoms with Crippen molar-refractivity contribution in [1.29, 1.82) is 0 Å². The maximum Gasteiger partial charge on any atom is 0.312 e. The molecule has 1 saturated heterocycles. The van der Waals surface area contributed by atoms with Crippen molar-refractivity contribution in [3.63, 3.8) is 0 Å². The summed E-state index contributed by atoms with van der Waals surface area (Å²) in [5, 5.41) is 13.9. The molecule has 0 radical (unpaired) electrons. The summed E-state index contributed by atoms with van der Waals surface area (Å²) < 4.78 is 5.35. The largest absolute Gasteiger partial charge is 0.460 e. The SMILES string of the molecule is CC1CNCCC1(O)C(C)C(=O)OC(C)(C)C. The first-order valence-corrected chi connectivity index (χ1v) is 6.33. The van der Waals surface area contributed by atoms with E-state index in [1.54, 1.807) is 6.92 Å². The van der Waals surface area contributed by atoms with Gasteiger partial charge in [-0.05, 0) is 46.6 Å². The van der Waals surface area contributed by atoms with E-state index in [1.165, 1.54) is 0 Å². The molecule has 0 spiro atoms. The van der Waals surface area contributed by atoms with Crippen molar-refractivity contribution in [2.24, 2.45) is 11.8 Å². The van der Waals surface area contributed by atoms with Crippen LogP contribution in [0.15, 0.2) is 0 Å². The Morgan fingerprint density at radius 3 is 2.59 bits per heavy atom. The summed E-state index contributed by atoms with van der Waals surface area (Å²) in [7, 11) is 0. The van der Waals surface area contributed by atoms with Crippen LogP contribution in [0, 0.1) is 11.8 Å². The molecular formula is C13H25NO3. The number of aliphatic hydroxyl groups is 1. The first-order chi connectivity index (χ1) is 7.67. The number of piperidine rings is 1. The Hall–Kier alpha value is -0.610. The number of ether oxygens (including phenoxy) is 1. The molecular weight excluding hydrogens is 218 g/mol. The van der Waals surface area contributed by atoms with Gasteiger partial charge in [-0.2, -0.15) is 0 Å². The molecule has 0 bridgehead atoms. The Labute approximate surface area is 104 Å². The predicted octanol–water partition coefficient (Wildman–Crippen LogP) is 1.32. The van der Waals surface area contributed by atoms with Crippen LogP contribution >= 0.6 is 0 Å². The molecule has 0 aromatic carbocycles. The first kappa shape index (κ1) is 14.5. The normalized spacial score (nSPS) is 32.0. The van der Waals surface area contributed by atoms with Crippen LogP contribution in [0.25, 0.3) is 0 Å². The molecule has 0 aromatic rings. The van der Waals surface area contributed by atoms with E-state index in [0.717, 1.165) is 13.1 Å². The van der Waals surface area contributed by atoms with Gasteiger partial charge in [-0.1, -0.05) is 6.92 Å². The number of carbonyl (C=O) groups excluding carboxylic acids is 1. The summed E-state index contributed by atoms with van der Waals surface area (Å²) in [4.78, 5) is 12.0. The van der Waals surface area contributed by atoms with Crippen molar-refractivity contribution in [3.8, 4) is 0 Å². The number of carbonyl (C=O) groups is 1. The van der Waals surface area contributed by atoms with Gasteiger partial charge in [0.1, 0.15) is 5.60 Å². The highest BCUT2D eigenvalue weighted by Gasteiger charge is 2.45. The topological polar surface area (TPSA) is 58.6 Å². The summed E-state index contributed by atoms with van der Waals surface area (Å²) in [5.74, 6) is -0.744. The molecule has 1 rings (SSSR count). The van der Waals surface area contributed by atoms with Crippen molar-refractivity contribution < 1.29 is 14.6 Å². The summed E-state index contributed by atoms with van der Waals surface area (Å²) in [6.45, 7) is 10.7. The molecule has 3 atom stereocenters. The summed E-state index contributed by atoms with van der Waals surface area (Å²) in [6, 6.07) is 0. The average molecular weight is 243 g/mol. The lowest BCUT2D eigenvalue weighted by Crippen LogP contribution is -2.55. The molecule has 0 amide bonds. The highest BCUT2D eigenvalue weighted by Crippen LogP contribution is 2.33. The van der Waals surface area contributed by atoms with Crippen LogP contribution in [0.1, 0.15) is 41.0 Å². The van der Waals surface area contributed by atoms with E-state index in [2.05, 4.69) is 5.32 Å². The fourth-order valence-corrected chi connectivity index (χ4v) is 2.27. The van der Waals surface area contributed by atoms with E-state index in [1.807, 2.05) is 27.7 Å². The van der Waals surface area contributed by atoms with Gasteiger partial charge in [-0.25, -0.2) is 0 Å². The fourth-order valence-electron chi connectivity index (χ4n) is 2.27. The first-order valence-electron chi connectivity index (χ1n) is 6.33. The smallest absolute Gasteiger partial charge is 0.312 e. The Morgan fingerprint density at radius 2 is 2.12 bits per heavy atom. The highest BCUT2D eigenvalue weighted by molar-refractivity contribution is 5.74. The maximum absolute atomic E-state index is 12.0. The zero-order chi connectivity index (χ0) is 13.3. The Bertz CT molecular complexity index is 285. The minimum atomic E-state index is -0.951. The number of hydrogen-bond donors (Lipinski definition) is 2. The van der Waals surface area contributed by atoms with Crippen molar-refractivity contribution in [2.75, 3.05) is 13.1 Å². The molecule has 0 aliphatic carbocycles. The van der Waals surface area contributed by atoms with E-state index < -0.39 is 17.1 Å². The summed E-state index contributed by atoms with van der Waals surface area (Å²) >= 11 is 0. The van der Waals surface area contributed by atoms with Gasteiger partial charge in [-0.15, -0.1) is 0 Å². The quantitative estimate of drug-likeness (QED) is 0.718. The standard InChI is InChI=1S/C13H25NO3/c1-9-8-14-7-6-13(9,16)10(2)11(15)17-12(3,4)5/h9-10,14,16H,6-8H2,1-5H3. The van der Waals surface area contributed by atoms with E-state index in [4.69, 9.17) is 4.74 Å². The lowest BCUT2D eigenvalue weighted by molar-refractivity contribution is -0.174. The third kappa shape index (κ3) is 3.42.